The lowest BCUT2D eigenvalue weighted by atomic mass is 10.3. The summed E-state index contributed by atoms with van der Waals surface area (Å²) in [7, 11) is 0. The average Bonchev–Trinajstić information content (AvgIpc) is 3.32. The molecule has 0 fully saturated rings. The summed E-state index contributed by atoms with van der Waals surface area (Å²) in [5.74, 6) is 0. The van der Waals surface area contributed by atoms with Crippen LogP contribution in [0.25, 0.3) is 46.4 Å². The van der Waals surface area contributed by atoms with E-state index in [2.05, 4.69) is 50.3 Å². The molecular weight excluding hydrogens is 327 g/mol. The predicted molar refractivity (Wildman–Crippen MR) is 110 cm³/mol. The van der Waals surface area contributed by atoms with Crippen molar-refractivity contribution >= 4 is 56.3 Å². The first-order valence-electron chi connectivity index (χ1n) is 7.85. The molecule has 0 aliphatic carbocycles. The zero-order valence-electron chi connectivity index (χ0n) is 13.5. The number of aromatic amines is 2. The molecule has 1 atom stereocenters. The van der Waals surface area contributed by atoms with Gasteiger partial charge in [0.15, 0.2) is 0 Å². The minimum atomic E-state index is 0. The lowest BCUT2D eigenvalue weighted by Gasteiger charge is -1.86. The lowest BCUT2D eigenvalue weighted by Crippen LogP contribution is -1.77. The molecule has 2 N–H and O–H groups in total. The van der Waals surface area contributed by atoms with Crippen LogP contribution in [0, 0.1) is 0 Å². The van der Waals surface area contributed by atoms with E-state index in [1.165, 1.54) is 0 Å². The van der Waals surface area contributed by atoms with Crippen molar-refractivity contribution in [2.24, 2.45) is 0 Å². The van der Waals surface area contributed by atoms with E-state index in [1.807, 2.05) is 42.5 Å². The molecule has 5 heterocycles. The molecule has 5 rings (SSSR count). The molecule has 2 aliphatic heterocycles. The minimum absolute atomic E-state index is 0. The van der Waals surface area contributed by atoms with Gasteiger partial charge in [0.1, 0.15) is 0 Å². The topological polar surface area (TPSA) is 57.4 Å². The van der Waals surface area contributed by atoms with Crippen molar-refractivity contribution in [3.8, 4) is 0 Å². The fourth-order valence-corrected chi connectivity index (χ4v) is 2.94. The van der Waals surface area contributed by atoms with Gasteiger partial charge in [-0.25, -0.2) is 9.97 Å². The summed E-state index contributed by atoms with van der Waals surface area (Å²) in [4.78, 5) is 16.0. The Labute approximate surface area is 148 Å². The maximum Gasteiger partial charge on any atom is 0.0659 e. The van der Waals surface area contributed by atoms with E-state index >= 15 is 0 Å². The van der Waals surface area contributed by atoms with Crippen LogP contribution in [-0.2, 0) is 0 Å². The van der Waals surface area contributed by atoms with Gasteiger partial charge in [-0.1, -0.05) is 0 Å². The Balaban J connectivity index is 0.00000157. The predicted octanol–water partition coefficient (Wildman–Crippen LogP) is 4.71. The highest BCUT2D eigenvalue weighted by Gasteiger charge is 2.02. The van der Waals surface area contributed by atoms with Crippen LogP contribution in [0.1, 0.15) is 22.8 Å². The molecule has 0 amide bonds. The Bertz CT molecular complexity index is 1080. The number of hydrogen-bond acceptors (Lipinski definition) is 2. The molecule has 0 spiro atoms. The highest BCUT2D eigenvalue weighted by molar-refractivity contribution is 6.92. The van der Waals surface area contributed by atoms with Crippen molar-refractivity contribution in [2.45, 2.75) is 0 Å². The third-order valence-corrected chi connectivity index (χ3v) is 4.04. The number of aromatic nitrogens is 4. The first-order valence-corrected chi connectivity index (χ1v) is 7.85. The summed E-state index contributed by atoms with van der Waals surface area (Å²) in [6, 6.07) is 16.4. The maximum atomic E-state index is 4.62. The molecule has 4 nitrogen and oxygen atoms in total. The van der Waals surface area contributed by atoms with Crippen LogP contribution in [0.4, 0.5) is 0 Å². The average molecular weight is 344 g/mol. The third-order valence-electron chi connectivity index (χ3n) is 4.04. The Morgan fingerprint density at radius 3 is 1.28 bits per heavy atom. The van der Waals surface area contributed by atoms with E-state index in [0.717, 1.165) is 44.8 Å². The number of rotatable bonds is 0. The van der Waals surface area contributed by atoms with Crippen LogP contribution in [0.2, 0.25) is 0 Å². The molecule has 25 heavy (non-hydrogen) atoms. The van der Waals surface area contributed by atoms with Crippen LogP contribution in [0.5, 0.6) is 0 Å². The normalized spacial score (nSPS) is 12.2. The fourth-order valence-electron chi connectivity index (χ4n) is 2.94. The maximum absolute atomic E-state index is 4.62. The van der Waals surface area contributed by atoms with Gasteiger partial charge in [-0.15, -0.1) is 0 Å². The second-order valence-electron chi connectivity index (χ2n) is 5.91. The van der Waals surface area contributed by atoms with Gasteiger partial charge >= 0.3 is 0 Å². The summed E-state index contributed by atoms with van der Waals surface area (Å²) in [6.45, 7) is 0. The van der Waals surface area contributed by atoms with E-state index in [0.29, 0.717) is 0 Å². The van der Waals surface area contributed by atoms with E-state index in [1.54, 1.807) is 0 Å². The molecule has 0 saturated heterocycles. The molecule has 1 unspecified atom stereocenters. The van der Waals surface area contributed by atoms with Crippen molar-refractivity contribution in [2.75, 3.05) is 0 Å². The van der Waals surface area contributed by atoms with Crippen molar-refractivity contribution in [3.05, 3.63) is 71.3 Å². The molecule has 122 valence electrons. The Hall–Kier alpha value is -2.97. The van der Waals surface area contributed by atoms with E-state index in [4.69, 9.17) is 0 Å². The Morgan fingerprint density at radius 2 is 0.840 bits per heavy atom. The Morgan fingerprint density at radius 1 is 0.480 bits per heavy atom. The summed E-state index contributed by atoms with van der Waals surface area (Å²) in [5.41, 5.74) is 7.86. The van der Waals surface area contributed by atoms with Crippen LogP contribution >= 0.6 is 9.90 Å². The van der Waals surface area contributed by atoms with Crippen LogP contribution in [-0.4, -0.2) is 19.9 Å². The van der Waals surface area contributed by atoms with Gasteiger partial charge < -0.3 is 9.97 Å². The van der Waals surface area contributed by atoms with E-state index < -0.39 is 0 Å². The Kier molecular flexibility index (Phi) is 3.83. The van der Waals surface area contributed by atoms with Crippen LogP contribution < -0.4 is 0 Å². The highest BCUT2D eigenvalue weighted by Crippen LogP contribution is 2.17. The first-order chi connectivity index (χ1) is 11.8. The zero-order chi connectivity index (χ0) is 15.9. The van der Waals surface area contributed by atoms with E-state index in [-0.39, 0.29) is 9.90 Å². The second kappa shape index (κ2) is 6.15. The highest BCUT2D eigenvalue weighted by atomic mass is 31.0. The number of H-pyrrole nitrogens is 2. The van der Waals surface area contributed by atoms with Gasteiger partial charge in [0.25, 0.3) is 0 Å². The summed E-state index contributed by atoms with van der Waals surface area (Å²) < 4.78 is 0. The van der Waals surface area contributed by atoms with Crippen LogP contribution in [0.15, 0.2) is 48.5 Å². The second-order valence-corrected chi connectivity index (χ2v) is 5.91. The fraction of sp³-hybridized carbons (Fsp3) is 0. The summed E-state index contributed by atoms with van der Waals surface area (Å²) in [6.07, 6.45) is 8.05. The van der Waals surface area contributed by atoms with Crippen molar-refractivity contribution < 1.29 is 0 Å². The number of nitrogens with zero attached hydrogens (tertiary/aromatic N) is 2. The van der Waals surface area contributed by atoms with Crippen molar-refractivity contribution in [1.29, 1.82) is 0 Å². The smallest absolute Gasteiger partial charge is 0.0659 e. The first kappa shape index (κ1) is 15.6. The van der Waals surface area contributed by atoms with Gasteiger partial charge in [0, 0.05) is 22.1 Å². The largest absolute Gasteiger partial charge is 0.355 e. The molecule has 0 saturated carbocycles. The number of fused-ring (bicyclic) bond motifs is 8. The molecule has 8 bridgehead atoms. The van der Waals surface area contributed by atoms with E-state index in [9.17, 15) is 0 Å². The molecule has 0 radical (unpaired) electrons. The molecular formula is C20H17N4P. The number of hydrogen-bond donors (Lipinski definition) is 2. The lowest BCUT2D eigenvalue weighted by molar-refractivity contribution is 1.28. The molecule has 0 aromatic carbocycles. The van der Waals surface area contributed by atoms with Gasteiger partial charge in [-0.05, 0) is 72.8 Å². The SMILES string of the molecule is C1=Cc2cc3ccc(cc4ccc(cc5nc(cc1n2)C=C5)[nH]4)[nH]3.P. The zero-order valence-corrected chi connectivity index (χ0v) is 14.9. The molecule has 3 aromatic heterocycles. The standard InChI is InChI=1S/C20H14N4.H3P/c1-2-14-10-16-5-6-18(23-16)12-20-8-7-19(24-20)11-17-4-3-15(22-17)9-13(1)21-14;/h1-12,21-22H;1H3. The quantitative estimate of drug-likeness (QED) is 0.400. The third kappa shape index (κ3) is 3.17. The van der Waals surface area contributed by atoms with Gasteiger partial charge in [-0.3, -0.25) is 0 Å². The summed E-state index contributed by atoms with van der Waals surface area (Å²) in [5, 5.41) is 0. The summed E-state index contributed by atoms with van der Waals surface area (Å²) >= 11 is 0. The monoisotopic (exact) mass is 344 g/mol. The minimum Gasteiger partial charge on any atom is -0.355 e. The van der Waals surface area contributed by atoms with Gasteiger partial charge in [0.05, 0.1) is 22.8 Å². The molecule has 3 aromatic rings. The van der Waals surface area contributed by atoms with Crippen molar-refractivity contribution in [1.82, 2.24) is 19.9 Å². The van der Waals surface area contributed by atoms with Crippen LogP contribution in [0.3, 0.4) is 0 Å². The molecule has 2 aliphatic rings. The van der Waals surface area contributed by atoms with Gasteiger partial charge in [-0.2, -0.15) is 9.90 Å². The number of nitrogens with one attached hydrogen (secondary N) is 2. The molecule has 5 heteroatoms. The van der Waals surface area contributed by atoms with Crippen molar-refractivity contribution in [3.63, 3.8) is 0 Å². The van der Waals surface area contributed by atoms with Gasteiger partial charge in [0.2, 0.25) is 0 Å².